The van der Waals surface area contributed by atoms with Gasteiger partial charge in [0.1, 0.15) is 5.75 Å². The van der Waals surface area contributed by atoms with E-state index in [-0.39, 0.29) is 11.8 Å². The van der Waals surface area contributed by atoms with Crippen molar-refractivity contribution in [3.63, 3.8) is 0 Å². The van der Waals surface area contributed by atoms with E-state index in [9.17, 15) is 8.78 Å². The summed E-state index contributed by atoms with van der Waals surface area (Å²) >= 11 is 0. The predicted molar refractivity (Wildman–Crippen MR) is 77.6 cm³/mol. The van der Waals surface area contributed by atoms with E-state index in [0.717, 1.165) is 23.2 Å². The fraction of sp³-hybridized carbons (Fsp3) is 0.312. The first-order valence-electron chi connectivity index (χ1n) is 6.80. The van der Waals surface area contributed by atoms with Gasteiger partial charge in [0, 0.05) is 12.4 Å². The molecule has 2 rings (SSSR count). The fourth-order valence-corrected chi connectivity index (χ4v) is 2.24. The van der Waals surface area contributed by atoms with Gasteiger partial charge in [-0.25, -0.2) is 0 Å². The highest BCUT2D eigenvalue weighted by atomic mass is 19.3. The third kappa shape index (κ3) is 4.23. The third-order valence-electron chi connectivity index (χ3n) is 3.05. The first-order valence-corrected chi connectivity index (χ1v) is 6.80. The second-order valence-electron chi connectivity index (χ2n) is 4.74. The van der Waals surface area contributed by atoms with Crippen molar-refractivity contribution in [2.24, 2.45) is 0 Å². The van der Waals surface area contributed by atoms with Gasteiger partial charge in [-0.15, -0.1) is 0 Å². The Kier molecular flexibility index (Phi) is 5.22. The van der Waals surface area contributed by atoms with Crippen LogP contribution in [0, 0.1) is 6.92 Å². The van der Waals surface area contributed by atoms with Crippen LogP contribution in [-0.4, -0.2) is 18.1 Å². The number of pyridine rings is 1. The minimum absolute atomic E-state index is 0.108. The molecular weight excluding hydrogens is 274 g/mol. The Labute approximate surface area is 123 Å². The molecule has 0 aliphatic rings. The molecule has 5 heteroatoms. The summed E-state index contributed by atoms with van der Waals surface area (Å²) in [7, 11) is 0. The number of aromatic nitrogens is 1. The number of aryl methyl sites for hydroxylation is 1. The van der Waals surface area contributed by atoms with Crippen molar-refractivity contribution in [2.45, 2.75) is 26.5 Å². The molecule has 0 spiro atoms. The molecule has 0 aliphatic carbocycles. The Balaban J connectivity index is 2.34. The highest BCUT2D eigenvalue weighted by Gasteiger charge is 2.15. The van der Waals surface area contributed by atoms with Gasteiger partial charge >= 0.3 is 6.61 Å². The summed E-state index contributed by atoms with van der Waals surface area (Å²) < 4.78 is 29.1. The van der Waals surface area contributed by atoms with Gasteiger partial charge < -0.3 is 10.1 Å². The van der Waals surface area contributed by atoms with Gasteiger partial charge in [-0.05, 0) is 42.3 Å². The van der Waals surface area contributed by atoms with Gasteiger partial charge in [0.2, 0.25) is 0 Å². The Morgan fingerprint density at radius 3 is 2.67 bits per heavy atom. The van der Waals surface area contributed by atoms with Crippen LogP contribution in [0.25, 0.3) is 0 Å². The standard InChI is InChI=1S/C16H18F2N2O/c1-3-20-15(13-7-11(2)9-19-10-13)12-5-4-6-14(8-12)21-16(17)18/h4-10,15-16,20H,3H2,1-2H3. The van der Waals surface area contributed by atoms with Crippen molar-refractivity contribution >= 4 is 0 Å². The fourth-order valence-electron chi connectivity index (χ4n) is 2.24. The molecule has 1 unspecified atom stereocenters. The maximum atomic E-state index is 12.3. The van der Waals surface area contributed by atoms with E-state index < -0.39 is 6.61 Å². The van der Waals surface area contributed by atoms with Crippen LogP contribution >= 0.6 is 0 Å². The average Bonchev–Trinajstić information content (AvgIpc) is 2.44. The molecule has 1 N–H and O–H groups in total. The van der Waals surface area contributed by atoms with E-state index in [1.165, 1.54) is 6.07 Å². The number of hydrogen-bond acceptors (Lipinski definition) is 3. The molecule has 112 valence electrons. The molecule has 0 radical (unpaired) electrons. The maximum Gasteiger partial charge on any atom is 0.387 e. The zero-order chi connectivity index (χ0) is 15.2. The topological polar surface area (TPSA) is 34.2 Å². The number of rotatable bonds is 6. The molecule has 1 atom stereocenters. The zero-order valence-electron chi connectivity index (χ0n) is 12.0. The molecule has 3 nitrogen and oxygen atoms in total. The van der Waals surface area contributed by atoms with Crippen molar-refractivity contribution in [2.75, 3.05) is 6.54 Å². The van der Waals surface area contributed by atoms with E-state index in [1.54, 1.807) is 24.5 Å². The molecule has 2 aromatic rings. The van der Waals surface area contributed by atoms with E-state index in [2.05, 4.69) is 15.0 Å². The molecule has 0 saturated heterocycles. The Bertz CT molecular complexity index is 590. The lowest BCUT2D eigenvalue weighted by atomic mass is 9.99. The van der Waals surface area contributed by atoms with Crippen molar-refractivity contribution in [1.29, 1.82) is 0 Å². The number of ether oxygens (including phenoxy) is 1. The first kappa shape index (κ1) is 15.4. The van der Waals surface area contributed by atoms with E-state index in [0.29, 0.717) is 0 Å². The second-order valence-corrected chi connectivity index (χ2v) is 4.74. The summed E-state index contributed by atoms with van der Waals surface area (Å²) in [6.45, 7) is 1.89. The van der Waals surface area contributed by atoms with Gasteiger partial charge in [0.15, 0.2) is 0 Å². The van der Waals surface area contributed by atoms with Gasteiger partial charge in [-0.3, -0.25) is 4.98 Å². The Morgan fingerprint density at radius 1 is 1.19 bits per heavy atom. The van der Waals surface area contributed by atoms with Crippen LogP contribution in [0.4, 0.5) is 8.78 Å². The van der Waals surface area contributed by atoms with E-state index in [1.807, 2.05) is 26.0 Å². The van der Waals surface area contributed by atoms with Crippen LogP contribution in [0.5, 0.6) is 5.75 Å². The summed E-state index contributed by atoms with van der Waals surface area (Å²) in [5, 5.41) is 3.34. The lowest BCUT2D eigenvalue weighted by Crippen LogP contribution is -2.22. The van der Waals surface area contributed by atoms with Gasteiger partial charge in [-0.1, -0.05) is 25.1 Å². The average molecular weight is 292 g/mol. The van der Waals surface area contributed by atoms with E-state index >= 15 is 0 Å². The normalized spacial score (nSPS) is 12.4. The van der Waals surface area contributed by atoms with Crippen LogP contribution < -0.4 is 10.1 Å². The largest absolute Gasteiger partial charge is 0.435 e. The SMILES string of the molecule is CCNC(c1cncc(C)c1)c1cccc(OC(F)F)c1. The molecular formula is C16H18F2N2O. The minimum atomic E-state index is -2.82. The van der Waals surface area contributed by atoms with Gasteiger partial charge in [-0.2, -0.15) is 8.78 Å². The van der Waals surface area contributed by atoms with Crippen LogP contribution in [0.15, 0.2) is 42.7 Å². The summed E-state index contributed by atoms with van der Waals surface area (Å²) in [6, 6.07) is 8.66. The van der Waals surface area contributed by atoms with Gasteiger partial charge in [0.25, 0.3) is 0 Å². The summed E-state index contributed by atoms with van der Waals surface area (Å²) in [4.78, 5) is 4.19. The van der Waals surface area contributed by atoms with Crippen LogP contribution in [0.2, 0.25) is 0 Å². The molecule has 0 fully saturated rings. The van der Waals surface area contributed by atoms with Gasteiger partial charge in [0.05, 0.1) is 6.04 Å². The highest BCUT2D eigenvalue weighted by Crippen LogP contribution is 2.26. The number of hydrogen-bond donors (Lipinski definition) is 1. The number of nitrogens with zero attached hydrogens (tertiary/aromatic N) is 1. The molecule has 0 amide bonds. The Morgan fingerprint density at radius 2 is 2.00 bits per heavy atom. The second kappa shape index (κ2) is 7.13. The monoisotopic (exact) mass is 292 g/mol. The first-order chi connectivity index (χ1) is 10.1. The number of alkyl halides is 2. The molecule has 0 aliphatic heterocycles. The maximum absolute atomic E-state index is 12.3. The summed E-state index contributed by atoms with van der Waals surface area (Å²) in [5.74, 6) is 0.158. The lowest BCUT2D eigenvalue weighted by Gasteiger charge is -2.19. The van der Waals surface area contributed by atoms with Crippen molar-refractivity contribution < 1.29 is 13.5 Å². The number of nitrogens with one attached hydrogen (secondary N) is 1. The molecule has 1 aromatic carbocycles. The van der Waals surface area contributed by atoms with E-state index in [4.69, 9.17) is 0 Å². The number of halogens is 2. The smallest absolute Gasteiger partial charge is 0.387 e. The minimum Gasteiger partial charge on any atom is -0.435 e. The van der Waals surface area contributed by atoms with Crippen molar-refractivity contribution in [1.82, 2.24) is 10.3 Å². The Hall–Kier alpha value is -2.01. The zero-order valence-corrected chi connectivity index (χ0v) is 12.0. The molecule has 1 aromatic heterocycles. The van der Waals surface area contributed by atoms with Crippen LogP contribution in [-0.2, 0) is 0 Å². The molecule has 21 heavy (non-hydrogen) atoms. The van der Waals surface area contributed by atoms with Crippen LogP contribution in [0.1, 0.15) is 29.7 Å². The lowest BCUT2D eigenvalue weighted by molar-refractivity contribution is -0.0498. The quantitative estimate of drug-likeness (QED) is 0.881. The number of benzene rings is 1. The molecule has 1 heterocycles. The third-order valence-corrected chi connectivity index (χ3v) is 3.05. The highest BCUT2D eigenvalue weighted by molar-refractivity contribution is 5.36. The van der Waals surface area contributed by atoms with Crippen molar-refractivity contribution in [3.05, 3.63) is 59.4 Å². The molecule has 0 bridgehead atoms. The molecule has 0 saturated carbocycles. The van der Waals surface area contributed by atoms with Crippen LogP contribution in [0.3, 0.4) is 0 Å². The summed E-state index contributed by atoms with van der Waals surface area (Å²) in [6.07, 6.45) is 3.56. The summed E-state index contributed by atoms with van der Waals surface area (Å²) in [5.41, 5.74) is 2.91. The van der Waals surface area contributed by atoms with Crippen molar-refractivity contribution in [3.8, 4) is 5.75 Å². The predicted octanol–water partition coefficient (Wildman–Crippen LogP) is 3.69.